The number of para-hydroxylation sites is 1. The molecule has 0 aliphatic heterocycles. The average Bonchev–Trinajstić information content (AvgIpc) is 3.10. The zero-order chi connectivity index (χ0) is 18.1. The maximum atomic E-state index is 4.56. The van der Waals surface area contributed by atoms with Gasteiger partial charge in [0.25, 0.3) is 0 Å². The number of thiophene rings is 1. The smallest absolute Gasteiger partial charge is 0.143 e. The van der Waals surface area contributed by atoms with E-state index in [4.69, 9.17) is 0 Å². The summed E-state index contributed by atoms with van der Waals surface area (Å²) in [4.78, 5) is 10.0. The summed E-state index contributed by atoms with van der Waals surface area (Å²) in [5.41, 5.74) is 7.26. The lowest BCUT2D eigenvalue weighted by Crippen LogP contribution is -1.99. The van der Waals surface area contributed by atoms with Crippen molar-refractivity contribution in [2.24, 2.45) is 0 Å². The van der Waals surface area contributed by atoms with Crippen molar-refractivity contribution in [2.45, 2.75) is 27.2 Å². The molecule has 0 saturated heterocycles. The molecule has 0 unspecified atom stereocenters. The number of rotatable bonds is 4. The van der Waals surface area contributed by atoms with Crippen molar-refractivity contribution in [1.29, 1.82) is 0 Å². The van der Waals surface area contributed by atoms with Gasteiger partial charge in [-0.1, -0.05) is 49.4 Å². The van der Waals surface area contributed by atoms with Gasteiger partial charge in [0.2, 0.25) is 0 Å². The first-order chi connectivity index (χ1) is 12.7. The van der Waals surface area contributed by atoms with E-state index >= 15 is 0 Å². The van der Waals surface area contributed by atoms with Gasteiger partial charge in [-0.15, -0.1) is 11.3 Å². The number of hydrogen-bond acceptors (Lipinski definition) is 4. The van der Waals surface area contributed by atoms with Gasteiger partial charge in [0.15, 0.2) is 0 Å². The fraction of sp³-hybridized carbons (Fsp3) is 0.182. The Labute approximate surface area is 157 Å². The first-order valence-corrected chi connectivity index (χ1v) is 9.70. The summed E-state index contributed by atoms with van der Waals surface area (Å²) in [6.07, 6.45) is 2.69. The van der Waals surface area contributed by atoms with Gasteiger partial charge in [0.1, 0.15) is 17.0 Å². The van der Waals surface area contributed by atoms with E-state index < -0.39 is 0 Å². The first-order valence-electron chi connectivity index (χ1n) is 8.82. The van der Waals surface area contributed by atoms with E-state index in [1.165, 1.54) is 27.8 Å². The Bertz CT molecular complexity index is 1040. The summed E-state index contributed by atoms with van der Waals surface area (Å²) in [6.45, 7) is 6.41. The Morgan fingerprint density at radius 1 is 0.962 bits per heavy atom. The highest BCUT2D eigenvalue weighted by atomic mass is 32.1. The Morgan fingerprint density at radius 3 is 2.38 bits per heavy atom. The van der Waals surface area contributed by atoms with Crippen LogP contribution in [0, 0.1) is 13.8 Å². The molecule has 0 atom stereocenters. The highest BCUT2D eigenvalue weighted by molar-refractivity contribution is 7.17. The minimum Gasteiger partial charge on any atom is -0.339 e. The van der Waals surface area contributed by atoms with E-state index in [1.807, 2.05) is 0 Å². The monoisotopic (exact) mass is 359 g/mol. The summed E-state index contributed by atoms with van der Waals surface area (Å²) in [5, 5.41) is 6.82. The van der Waals surface area contributed by atoms with Crippen molar-refractivity contribution < 1.29 is 0 Å². The number of fused-ring (bicyclic) bond motifs is 1. The van der Waals surface area contributed by atoms with Gasteiger partial charge in [-0.25, -0.2) is 9.97 Å². The lowest BCUT2D eigenvalue weighted by molar-refractivity contribution is 1.14. The van der Waals surface area contributed by atoms with Crippen LogP contribution in [0.4, 0.5) is 11.5 Å². The van der Waals surface area contributed by atoms with Crippen molar-refractivity contribution in [3.05, 3.63) is 70.9 Å². The third kappa shape index (κ3) is 2.97. The molecule has 0 bridgehead atoms. The van der Waals surface area contributed by atoms with Crippen LogP contribution < -0.4 is 5.32 Å². The standard InChI is InChI=1S/C22H21N3S/c1-4-16-8-10-17(11-9-16)18-12-26-22-19(18)21(23-13-24-22)25-20-14(2)6-5-7-15(20)3/h5-13H,4H2,1-3H3,(H,23,24,25). The van der Waals surface area contributed by atoms with E-state index in [1.54, 1.807) is 17.7 Å². The molecule has 4 aromatic rings. The summed E-state index contributed by atoms with van der Waals surface area (Å²) >= 11 is 1.66. The normalized spacial score (nSPS) is 11.0. The summed E-state index contributed by atoms with van der Waals surface area (Å²) in [6, 6.07) is 15.1. The molecule has 0 fully saturated rings. The predicted molar refractivity (Wildman–Crippen MR) is 111 cm³/mol. The SMILES string of the molecule is CCc1ccc(-c2csc3ncnc(Nc4c(C)cccc4C)c23)cc1. The molecule has 2 heterocycles. The predicted octanol–water partition coefficient (Wildman–Crippen LogP) is 6.28. The Balaban J connectivity index is 1.84. The van der Waals surface area contributed by atoms with E-state index in [0.29, 0.717) is 0 Å². The lowest BCUT2D eigenvalue weighted by atomic mass is 10.0. The zero-order valence-electron chi connectivity index (χ0n) is 15.2. The van der Waals surface area contributed by atoms with Crippen LogP contribution in [0.2, 0.25) is 0 Å². The average molecular weight is 359 g/mol. The van der Waals surface area contributed by atoms with Crippen LogP contribution in [0.5, 0.6) is 0 Å². The van der Waals surface area contributed by atoms with Gasteiger partial charge in [0.05, 0.1) is 5.39 Å². The maximum absolute atomic E-state index is 4.56. The van der Waals surface area contributed by atoms with Gasteiger partial charge < -0.3 is 5.32 Å². The third-order valence-corrected chi connectivity index (χ3v) is 5.65. The van der Waals surface area contributed by atoms with E-state index in [-0.39, 0.29) is 0 Å². The van der Waals surface area contributed by atoms with Gasteiger partial charge in [-0.05, 0) is 42.5 Å². The minimum atomic E-state index is 0.864. The second-order valence-electron chi connectivity index (χ2n) is 6.49. The van der Waals surface area contributed by atoms with Crippen molar-refractivity contribution in [3.8, 4) is 11.1 Å². The number of anilines is 2. The lowest BCUT2D eigenvalue weighted by Gasteiger charge is -2.13. The van der Waals surface area contributed by atoms with Crippen molar-refractivity contribution in [1.82, 2.24) is 9.97 Å². The Hall–Kier alpha value is -2.72. The van der Waals surface area contributed by atoms with Gasteiger partial charge >= 0.3 is 0 Å². The molecule has 1 N–H and O–H groups in total. The van der Waals surface area contributed by atoms with E-state index in [2.05, 4.69) is 83.9 Å². The molecule has 2 aromatic carbocycles. The summed E-state index contributed by atoms with van der Waals surface area (Å²) < 4.78 is 0. The van der Waals surface area contributed by atoms with Crippen molar-refractivity contribution in [3.63, 3.8) is 0 Å². The highest BCUT2D eigenvalue weighted by Gasteiger charge is 2.14. The maximum Gasteiger partial charge on any atom is 0.143 e. The molecular weight excluding hydrogens is 338 g/mol. The molecule has 26 heavy (non-hydrogen) atoms. The molecule has 0 aliphatic rings. The fourth-order valence-corrected chi connectivity index (χ4v) is 4.15. The number of nitrogens with one attached hydrogen (secondary N) is 1. The van der Waals surface area contributed by atoms with Crippen LogP contribution in [0.15, 0.2) is 54.2 Å². The molecule has 0 aliphatic carbocycles. The Morgan fingerprint density at radius 2 is 1.69 bits per heavy atom. The molecule has 3 nitrogen and oxygen atoms in total. The summed E-state index contributed by atoms with van der Waals surface area (Å²) in [5.74, 6) is 0.864. The van der Waals surface area contributed by atoms with Gasteiger partial charge in [0, 0.05) is 16.6 Å². The number of benzene rings is 2. The largest absolute Gasteiger partial charge is 0.339 e. The molecule has 0 radical (unpaired) electrons. The van der Waals surface area contributed by atoms with Crippen LogP contribution in [0.25, 0.3) is 21.3 Å². The number of aryl methyl sites for hydroxylation is 3. The van der Waals surface area contributed by atoms with Gasteiger partial charge in [-0.3, -0.25) is 0 Å². The number of aromatic nitrogens is 2. The van der Waals surface area contributed by atoms with E-state index in [9.17, 15) is 0 Å². The molecule has 4 rings (SSSR count). The zero-order valence-corrected chi connectivity index (χ0v) is 16.0. The van der Waals surface area contributed by atoms with Crippen LogP contribution >= 0.6 is 11.3 Å². The minimum absolute atomic E-state index is 0.864. The Kier molecular flexibility index (Phi) is 4.43. The highest BCUT2D eigenvalue weighted by Crippen LogP contribution is 2.38. The molecular formula is C22H21N3S. The first kappa shape index (κ1) is 16.7. The van der Waals surface area contributed by atoms with Crippen molar-refractivity contribution >= 4 is 33.1 Å². The molecule has 130 valence electrons. The molecule has 2 aromatic heterocycles. The molecule has 0 amide bonds. The molecule has 0 spiro atoms. The van der Waals surface area contributed by atoms with Gasteiger partial charge in [-0.2, -0.15) is 0 Å². The summed E-state index contributed by atoms with van der Waals surface area (Å²) in [7, 11) is 0. The van der Waals surface area contributed by atoms with Crippen LogP contribution in [0.1, 0.15) is 23.6 Å². The fourth-order valence-electron chi connectivity index (χ4n) is 3.23. The topological polar surface area (TPSA) is 37.8 Å². The van der Waals surface area contributed by atoms with Crippen LogP contribution in [-0.2, 0) is 6.42 Å². The van der Waals surface area contributed by atoms with E-state index in [0.717, 1.165) is 28.1 Å². The van der Waals surface area contributed by atoms with Crippen LogP contribution in [0.3, 0.4) is 0 Å². The number of nitrogens with zero attached hydrogens (tertiary/aromatic N) is 2. The van der Waals surface area contributed by atoms with Crippen molar-refractivity contribution in [2.75, 3.05) is 5.32 Å². The second kappa shape index (κ2) is 6.89. The third-order valence-electron chi connectivity index (χ3n) is 4.77. The molecule has 0 saturated carbocycles. The number of hydrogen-bond donors (Lipinski definition) is 1. The molecule has 4 heteroatoms. The quantitative estimate of drug-likeness (QED) is 0.466. The van der Waals surface area contributed by atoms with Crippen LogP contribution in [-0.4, -0.2) is 9.97 Å². The second-order valence-corrected chi connectivity index (χ2v) is 7.35.